The third-order valence-corrected chi connectivity index (χ3v) is 6.65. The molecule has 1 N–H and O–H groups in total. The van der Waals surface area contributed by atoms with Crippen molar-refractivity contribution in [2.45, 2.75) is 23.2 Å². The predicted molar refractivity (Wildman–Crippen MR) is 92.5 cm³/mol. The average molecular weight is 420 g/mol. The molecule has 11 heteroatoms. The molecule has 2 bridgehead atoms. The molecule has 1 aromatic carbocycles. The Morgan fingerprint density at radius 3 is 2.28 bits per heavy atom. The molecule has 3 aromatic rings. The van der Waals surface area contributed by atoms with Crippen LogP contribution >= 0.6 is 0 Å². The summed E-state index contributed by atoms with van der Waals surface area (Å²) in [5, 5.41) is 7.03. The molecule has 0 aliphatic carbocycles. The zero-order chi connectivity index (χ0) is 20.6. The van der Waals surface area contributed by atoms with Crippen molar-refractivity contribution in [2.75, 3.05) is 0 Å². The van der Waals surface area contributed by atoms with Crippen LogP contribution in [0, 0.1) is 0 Å². The summed E-state index contributed by atoms with van der Waals surface area (Å²) < 4.78 is 64.7. The lowest BCUT2D eigenvalue weighted by atomic mass is 10.00. The zero-order valence-corrected chi connectivity index (χ0v) is 15.2. The molecule has 7 nitrogen and oxygen atoms in total. The first kappa shape index (κ1) is 18.0. The largest absolute Gasteiger partial charge is 0.433 e. The number of fused-ring (bicyclic) bond motifs is 7. The first-order valence-corrected chi connectivity index (χ1v) is 9.89. The number of nitrogens with zero attached hydrogens (tertiary/aromatic N) is 3. The molecule has 5 rings (SSSR count). The fourth-order valence-corrected chi connectivity index (χ4v) is 5.00. The second kappa shape index (κ2) is 5.74. The van der Waals surface area contributed by atoms with Crippen molar-refractivity contribution in [3.8, 4) is 0 Å². The number of halogens is 3. The number of ketones is 1. The lowest BCUT2D eigenvalue weighted by molar-refractivity contribution is -0.141. The topological polar surface area (TPSA) is 94.0 Å². The molecule has 29 heavy (non-hydrogen) atoms. The van der Waals surface area contributed by atoms with Crippen LogP contribution < -0.4 is 5.32 Å². The number of alkyl halides is 3. The Hall–Kier alpha value is -3.05. The summed E-state index contributed by atoms with van der Waals surface area (Å²) in [5.41, 5.74) is 0.707. The molecular weight excluding hydrogens is 409 g/mol. The van der Waals surface area contributed by atoms with Gasteiger partial charge in [-0.15, -0.1) is 4.09 Å². The van der Waals surface area contributed by atoms with E-state index in [4.69, 9.17) is 0 Å². The molecule has 0 spiro atoms. The van der Waals surface area contributed by atoms with Crippen molar-refractivity contribution < 1.29 is 26.4 Å². The monoisotopic (exact) mass is 420 g/mol. The second-order valence-electron chi connectivity index (χ2n) is 6.70. The summed E-state index contributed by atoms with van der Waals surface area (Å²) in [4.78, 5) is 15.7. The molecular formula is C18H11F3N4O3S. The number of carbonyl (C=O) groups is 1. The quantitative estimate of drug-likeness (QED) is 0.685. The second-order valence-corrected chi connectivity index (χ2v) is 8.47. The van der Waals surface area contributed by atoms with Crippen molar-refractivity contribution in [3.63, 3.8) is 0 Å². The van der Waals surface area contributed by atoms with Crippen LogP contribution in [0.4, 0.5) is 13.2 Å². The van der Waals surface area contributed by atoms with E-state index >= 15 is 0 Å². The smallest absolute Gasteiger partial charge is 0.292 e. The Kier molecular flexibility index (Phi) is 3.56. The van der Waals surface area contributed by atoms with Gasteiger partial charge in [-0.3, -0.25) is 15.1 Å². The number of nitrogens with one attached hydrogen (secondary N) is 1. The lowest BCUT2D eigenvalue weighted by Gasteiger charge is -2.21. The van der Waals surface area contributed by atoms with Gasteiger partial charge in [0.1, 0.15) is 16.3 Å². The van der Waals surface area contributed by atoms with Gasteiger partial charge in [-0.05, 0) is 23.3 Å². The Labute approximate surface area is 162 Å². The van der Waals surface area contributed by atoms with E-state index in [2.05, 4.69) is 15.4 Å². The number of benzene rings is 1. The van der Waals surface area contributed by atoms with E-state index in [9.17, 15) is 26.4 Å². The van der Waals surface area contributed by atoms with Crippen LogP contribution in [0.5, 0.6) is 0 Å². The van der Waals surface area contributed by atoms with Gasteiger partial charge in [-0.1, -0.05) is 24.3 Å². The Morgan fingerprint density at radius 2 is 1.66 bits per heavy atom. The van der Waals surface area contributed by atoms with Gasteiger partial charge in [-0.2, -0.15) is 26.7 Å². The van der Waals surface area contributed by atoms with Crippen molar-refractivity contribution in [3.05, 3.63) is 76.9 Å². The minimum absolute atomic E-state index is 0.102. The number of rotatable bonds is 2. The van der Waals surface area contributed by atoms with Crippen molar-refractivity contribution >= 4 is 15.8 Å². The fourth-order valence-electron chi connectivity index (χ4n) is 3.77. The van der Waals surface area contributed by atoms with E-state index in [1.807, 2.05) is 12.1 Å². The number of carbonyl (C=O) groups excluding carboxylic acids is 1. The molecule has 2 aromatic heterocycles. The first-order chi connectivity index (χ1) is 13.7. The average Bonchev–Trinajstić information content (AvgIpc) is 3.28. The van der Waals surface area contributed by atoms with Crippen LogP contribution in [0.2, 0.25) is 0 Å². The standard InChI is InChI=1S/C18H11F3N4O3S/c19-18(20,21)13-6-5-9(7-22-13)29(27,28)25-16-12(8-23-25)14-10-3-1-2-4-11(10)15(24-14)17(16)26/h1-8,14-15,24H. The number of aromatic nitrogens is 3. The molecule has 4 heterocycles. The molecule has 0 saturated carbocycles. The van der Waals surface area contributed by atoms with Crippen molar-refractivity contribution in [2.24, 2.45) is 0 Å². The van der Waals surface area contributed by atoms with E-state index in [0.717, 1.165) is 17.2 Å². The normalized spacial score (nSPS) is 20.4. The highest BCUT2D eigenvalue weighted by Crippen LogP contribution is 2.44. The summed E-state index contributed by atoms with van der Waals surface area (Å²) in [7, 11) is -4.41. The van der Waals surface area contributed by atoms with E-state index in [-0.39, 0.29) is 5.69 Å². The molecule has 2 aliphatic heterocycles. The molecule has 148 valence electrons. The predicted octanol–water partition coefficient (Wildman–Crippen LogP) is 2.46. The summed E-state index contributed by atoms with van der Waals surface area (Å²) in [6.45, 7) is 0. The summed E-state index contributed by atoms with van der Waals surface area (Å²) >= 11 is 0. The van der Waals surface area contributed by atoms with Crippen LogP contribution in [0.25, 0.3) is 0 Å². The SMILES string of the molecule is O=C1c2c(cnn2S(=O)(=O)c2ccc(C(F)(F)F)nc2)C2NC1c1ccccc12. The summed E-state index contributed by atoms with van der Waals surface area (Å²) in [6.07, 6.45) is -2.79. The third kappa shape index (κ3) is 2.47. The van der Waals surface area contributed by atoms with Crippen molar-refractivity contribution in [1.29, 1.82) is 0 Å². The zero-order valence-electron chi connectivity index (χ0n) is 14.4. The number of Topliss-reactive ketones (excluding diaryl/α,β-unsaturated/α-hetero) is 1. The van der Waals surface area contributed by atoms with Gasteiger partial charge in [0.05, 0.1) is 18.3 Å². The van der Waals surface area contributed by atoms with E-state index in [1.165, 1.54) is 6.20 Å². The van der Waals surface area contributed by atoms with Crippen LogP contribution in [0.3, 0.4) is 0 Å². The molecule has 0 fully saturated rings. The number of pyridine rings is 1. The van der Waals surface area contributed by atoms with Crippen molar-refractivity contribution in [1.82, 2.24) is 19.5 Å². The van der Waals surface area contributed by atoms with Gasteiger partial charge in [0.15, 0.2) is 0 Å². The Balaban J connectivity index is 1.62. The Bertz CT molecular complexity index is 1270. The fraction of sp³-hybridized carbons (Fsp3) is 0.167. The number of hydrogen-bond acceptors (Lipinski definition) is 6. The highest BCUT2D eigenvalue weighted by Gasteiger charge is 2.46. The Morgan fingerprint density at radius 1 is 0.966 bits per heavy atom. The van der Waals surface area contributed by atoms with Crippen LogP contribution in [-0.4, -0.2) is 28.4 Å². The highest BCUT2D eigenvalue weighted by atomic mass is 32.2. The van der Waals surface area contributed by atoms with Gasteiger partial charge in [0.25, 0.3) is 10.0 Å². The molecule has 2 aliphatic rings. The van der Waals surface area contributed by atoms with Gasteiger partial charge >= 0.3 is 6.18 Å². The third-order valence-electron chi connectivity index (χ3n) is 5.08. The van der Waals surface area contributed by atoms with Gasteiger partial charge in [0, 0.05) is 11.8 Å². The molecule has 0 radical (unpaired) electrons. The lowest BCUT2D eigenvalue weighted by Crippen LogP contribution is -2.34. The molecule has 2 unspecified atom stereocenters. The maximum atomic E-state index is 13.0. The van der Waals surface area contributed by atoms with Gasteiger partial charge in [-0.25, -0.2) is 0 Å². The van der Waals surface area contributed by atoms with Gasteiger partial charge in [0.2, 0.25) is 5.78 Å². The summed E-state index contributed by atoms with van der Waals surface area (Å²) in [5.74, 6) is -0.470. The van der Waals surface area contributed by atoms with Gasteiger partial charge < -0.3 is 0 Å². The minimum atomic E-state index is -4.69. The van der Waals surface area contributed by atoms with E-state index in [1.54, 1.807) is 12.1 Å². The minimum Gasteiger partial charge on any atom is -0.292 e. The van der Waals surface area contributed by atoms with E-state index < -0.39 is 44.7 Å². The molecule has 0 saturated heterocycles. The maximum Gasteiger partial charge on any atom is 0.433 e. The van der Waals surface area contributed by atoms with Crippen LogP contribution in [-0.2, 0) is 16.2 Å². The number of hydrogen-bond donors (Lipinski definition) is 1. The molecule has 0 amide bonds. The first-order valence-electron chi connectivity index (χ1n) is 8.45. The maximum absolute atomic E-state index is 13.0. The highest BCUT2D eigenvalue weighted by molar-refractivity contribution is 7.89. The molecule has 2 atom stereocenters. The van der Waals surface area contributed by atoms with E-state index in [0.29, 0.717) is 21.9 Å². The van der Waals surface area contributed by atoms with Crippen LogP contribution in [0.1, 0.15) is 45.0 Å². The summed E-state index contributed by atoms with van der Waals surface area (Å²) in [6, 6.07) is 7.53. The van der Waals surface area contributed by atoms with Crippen LogP contribution in [0.15, 0.2) is 53.7 Å².